The van der Waals surface area contributed by atoms with Crippen molar-refractivity contribution in [1.29, 1.82) is 0 Å². The van der Waals surface area contributed by atoms with Crippen LogP contribution in [0.2, 0.25) is 0 Å². The molecule has 0 radical (unpaired) electrons. The number of hydrogen-bond donors (Lipinski definition) is 1. The molecule has 3 heteroatoms. The lowest BCUT2D eigenvalue weighted by Crippen LogP contribution is -2.37. The molecule has 0 saturated heterocycles. The number of aliphatic hydroxyl groups excluding tert-OH is 1. The molecular weight excluding hydrogens is 157 g/mol. The van der Waals surface area contributed by atoms with Gasteiger partial charge in [0.2, 0.25) is 0 Å². The van der Waals surface area contributed by atoms with E-state index in [0.717, 1.165) is 25.7 Å². The molecule has 1 N–H and O–H groups in total. The number of rotatable bonds is 3. The quantitative estimate of drug-likeness (QED) is 0.696. The molecule has 0 aliphatic heterocycles. The third-order valence-corrected chi connectivity index (χ3v) is 2.73. The van der Waals surface area contributed by atoms with Crippen molar-refractivity contribution in [3.05, 3.63) is 0 Å². The summed E-state index contributed by atoms with van der Waals surface area (Å²) in [5, 5.41) is 9.25. The van der Waals surface area contributed by atoms with E-state index in [1.165, 1.54) is 0 Å². The van der Waals surface area contributed by atoms with Crippen LogP contribution in [0, 0.1) is 0 Å². The minimum absolute atomic E-state index is 0.111. The second-order valence-corrected chi connectivity index (χ2v) is 3.63. The normalized spacial score (nSPS) is 31.0. The topological polar surface area (TPSA) is 23.5 Å². The third-order valence-electron chi connectivity index (χ3n) is 2.73. The predicted octanol–water partition coefficient (Wildman–Crippen LogP) is 1.19. The fourth-order valence-electron chi connectivity index (χ4n) is 1.81. The Bertz CT molecular complexity index is 124. The molecule has 1 fully saturated rings. The number of halogens is 1. The van der Waals surface area contributed by atoms with Gasteiger partial charge in [0.15, 0.2) is 0 Å². The van der Waals surface area contributed by atoms with Crippen LogP contribution in [-0.4, -0.2) is 42.4 Å². The molecule has 1 aliphatic rings. The largest absolute Gasteiger partial charge is 0.393 e. The van der Waals surface area contributed by atoms with Crippen LogP contribution in [0.15, 0.2) is 0 Å². The zero-order valence-electron chi connectivity index (χ0n) is 7.67. The molecule has 0 amide bonds. The van der Waals surface area contributed by atoms with Gasteiger partial charge in [-0.3, -0.25) is 0 Å². The summed E-state index contributed by atoms with van der Waals surface area (Å²) in [4.78, 5) is 2.06. The molecule has 0 aromatic heterocycles. The molecular formula is C9H18FNO. The molecule has 0 aromatic carbocycles. The summed E-state index contributed by atoms with van der Waals surface area (Å²) in [6.45, 7) is 0.260. The molecule has 2 nitrogen and oxygen atoms in total. The van der Waals surface area contributed by atoms with Crippen molar-refractivity contribution in [3.63, 3.8) is 0 Å². The van der Waals surface area contributed by atoms with Crippen LogP contribution >= 0.6 is 0 Å². The lowest BCUT2D eigenvalue weighted by Gasteiger charge is -2.32. The minimum atomic E-state index is -0.268. The second kappa shape index (κ2) is 4.77. The summed E-state index contributed by atoms with van der Waals surface area (Å²) in [6.07, 6.45) is 3.66. The van der Waals surface area contributed by atoms with Gasteiger partial charge in [-0.2, -0.15) is 0 Å². The van der Waals surface area contributed by atoms with Gasteiger partial charge in [-0.1, -0.05) is 0 Å². The Morgan fingerprint density at radius 2 is 1.92 bits per heavy atom. The summed E-state index contributed by atoms with van der Waals surface area (Å²) in [5.74, 6) is 0. The van der Waals surface area contributed by atoms with E-state index in [9.17, 15) is 9.50 Å². The van der Waals surface area contributed by atoms with E-state index >= 15 is 0 Å². The van der Waals surface area contributed by atoms with Crippen LogP contribution in [-0.2, 0) is 0 Å². The Kier molecular flexibility index (Phi) is 3.95. The lowest BCUT2D eigenvalue weighted by atomic mass is 9.92. The van der Waals surface area contributed by atoms with Gasteiger partial charge in [0.25, 0.3) is 0 Å². The maximum atomic E-state index is 12.0. The zero-order chi connectivity index (χ0) is 8.97. The Hall–Kier alpha value is -0.150. The van der Waals surface area contributed by atoms with E-state index in [4.69, 9.17) is 0 Å². The molecule has 0 unspecified atom stereocenters. The van der Waals surface area contributed by atoms with Gasteiger partial charge in [0.1, 0.15) is 6.67 Å². The Morgan fingerprint density at radius 1 is 1.33 bits per heavy atom. The molecule has 1 rings (SSSR count). The molecule has 72 valence electrons. The SMILES string of the molecule is CN(CCF)C1CCC(O)CC1. The minimum Gasteiger partial charge on any atom is -0.393 e. The predicted molar refractivity (Wildman–Crippen MR) is 46.9 cm³/mol. The van der Waals surface area contributed by atoms with Gasteiger partial charge in [-0.25, -0.2) is 4.39 Å². The van der Waals surface area contributed by atoms with Gasteiger partial charge < -0.3 is 10.0 Å². The summed E-state index contributed by atoms with van der Waals surface area (Å²) in [6, 6.07) is 0.490. The fourth-order valence-corrected chi connectivity index (χ4v) is 1.81. The summed E-state index contributed by atoms with van der Waals surface area (Å²) < 4.78 is 12.0. The van der Waals surface area contributed by atoms with Crippen LogP contribution in [0.5, 0.6) is 0 Å². The number of aliphatic hydroxyl groups is 1. The average molecular weight is 175 g/mol. The van der Waals surface area contributed by atoms with Crippen molar-refractivity contribution < 1.29 is 9.50 Å². The van der Waals surface area contributed by atoms with Crippen LogP contribution < -0.4 is 0 Å². The highest BCUT2D eigenvalue weighted by Crippen LogP contribution is 2.21. The first-order chi connectivity index (χ1) is 5.74. The smallest absolute Gasteiger partial charge is 0.102 e. The van der Waals surface area contributed by atoms with E-state index in [0.29, 0.717) is 12.6 Å². The summed E-state index contributed by atoms with van der Waals surface area (Å²) in [7, 11) is 1.96. The van der Waals surface area contributed by atoms with Crippen LogP contribution in [0.25, 0.3) is 0 Å². The molecule has 1 aliphatic carbocycles. The first kappa shape index (κ1) is 9.93. The van der Waals surface area contributed by atoms with E-state index in [1.54, 1.807) is 0 Å². The van der Waals surface area contributed by atoms with E-state index in [-0.39, 0.29) is 12.8 Å². The molecule has 0 bridgehead atoms. The lowest BCUT2D eigenvalue weighted by molar-refractivity contribution is 0.0821. The van der Waals surface area contributed by atoms with E-state index < -0.39 is 0 Å². The summed E-state index contributed by atoms with van der Waals surface area (Å²) in [5.41, 5.74) is 0. The van der Waals surface area contributed by atoms with Gasteiger partial charge in [-0.15, -0.1) is 0 Å². The van der Waals surface area contributed by atoms with Crippen molar-refractivity contribution in [3.8, 4) is 0 Å². The van der Waals surface area contributed by atoms with Gasteiger partial charge >= 0.3 is 0 Å². The van der Waals surface area contributed by atoms with Crippen molar-refractivity contribution in [2.45, 2.75) is 37.8 Å². The first-order valence-corrected chi connectivity index (χ1v) is 4.68. The fraction of sp³-hybridized carbons (Fsp3) is 1.00. The second-order valence-electron chi connectivity index (χ2n) is 3.63. The standard InChI is InChI=1S/C9H18FNO/c1-11(7-6-10)8-2-4-9(12)5-3-8/h8-9,12H,2-7H2,1H3. The maximum Gasteiger partial charge on any atom is 0.102 e. The highest BCUT2D eigenvalue weighted by atomic mass is 19.1. The Balaban J connectivity index is 2.24. The van der Waals surface area contributed by atoms with Gasteiger partial charge in [-0.05, 0) is 32.7 Å². The van der Waals surface area contributed by atoms with Crippen molar-refractivity contribution in [1.82, 2.24) is 4.90 Å². The Labute approximate surface area is 73.4 Å². The van der Waals surface area contributed by atoms with Crippen molar-refractivity contribution in [2.75, 3.05) is 20.3 Å². The highest BCUT2D eigenvalue weighted by molar-refractivity contribution is 4.77. The molecule has 0 heterocycles. The number of alkyl halides is 1. The van der Waals surface area contributed by atoms with Crippen LogP contribution in [0.3, 0.4) is 0 Å². The van der Waals surface area contributed by atoms with E-state index in [1.807, 2.05) is 7.05 Å². The van der Waals surface area contributed by atoms with Gasteiger partial charge in [0.05, 0.1) is 6.10 Å². The molecule has 0 aromatic rings. The van der Waals surface area contributed by atoms with Crippen LogP contribution in [0.1, 0.15) is 25.7 Å². The number of hydrogen-bond acceptors (Lipinski definition) is 2. The third kappa shape index (κ3) is 2.72. The first-order valence-electron chi connectivity index (χ1n) is 4.68. The van der Waals surface area contributed by atoms with Crippen LogP contribution in [0.4, 0.5) is 4.39 Å². The maximum absolute atomic E-state index is 12.0. The molecule has 0 atom stereocenters. The summed E-state index contributed by atoms with van der Waals surface area (Å²) >= 11 is 0. The average Bonchev–Trinajstić information content (AvgIpc) is 2.06. The van der Waals surface area contributed by atoms with Gasteiger partial charge in [0, 0.05) is 12.6 Å². The zero-order valence-corrected chi connectivity index (χ0v) is 7.67. The molecule has 0 spiro atoms. The highest BCUT2D eigenvalue weighted by Gasteiger charge is 2.21. The van der Waals surface area contributed by atoms with E-state index in [2.05, 4.69) is 4.90 Å². The number of nitrogens with zero attached hydrogens (tertiary/aromatic N) is 1. The Morgan fingerprint density at radius 3 is 2.42 bits per heavy atom. The monoisotopic (exact) mass is 175 g/mol. The van der Waals surface area contributed by atoms with Crippen molar-refractivity contribution >= 4 is 0 Å². The van der Waals surface area contributed by atoms with Crippen molar-refractivity contribution in [2.24, 2.45) is 0 Å². The molecule has 12 heavy (non-hydrogen) atoms. The molecule has 1 saturated carbocycles.